The van der Waals surface area contributed by atoms with Crippen molar-refractivity contribution < 1.29 is 12.6 Å². The SMILES string of the molecule is NS(=O)(=O)OCC#CCCl. The molecule has 0 bridgehead atoms. The van der Waals surface area contributed by atoms with E-state index in [4.69, 9.17) is 11.6 Å². The molecule has 0 aliphatic carbocycles. The number of hydrogen-bond acceptors (Lipinski definition) is 3. The van der Waals surface area contributed by atoms with E-state index in [1.807, 2.05) is 0 Å². The van der Waals surface area contributed by atoms with E-state index in [-0.39, 0.29) is 12.5 Å². The third-order valence-corrected chi connectivity index (χ3v) is 1.07. The summed E-state index contributed by atoms with van der Waals surface area (Å²) >= 11 is 5.14. The zero-order valence-corrected chi connectivity index (χ0v) is 6.57. The second-order valence-electron chi connectivity index (χ2n) is 1.24. The maximum Gasteiger partial charge on any atom is 0.334 e. The van der Waals surface area contributed by atoms with Crippen LogP contribution < -0.4 is 5.14 Å². The Bertz CT molecular complexity index is 237. The molecule has 6 heteroatoms. The van der Waals surface area contributed by atoms with Crippen LogP contribution in [-0.2, 0) is 14.5 Å². The van der Waals surface area contributed by atoms with Gasteiger partial charge in [-0.2, -0.15) is 8.42 Å². The van der Waals surface area contributed by atoms with E-state index in [2.05, 4.69) is 21.2 Å². The third-order valence-electron chi connectivity index (χ3n) is 0.487. The Labute approximate surface area is 64.6 Å². The van der Waals surface area contributed by atoms with Crippen LogP contribution in [0.25, 0.3) is 0 Å². The lowest BCUT2D eigenvalue weighted by Crippen LogP contribution is -2.15. The molecular formula is C4H6ClNO3S. The van der Waals surface area contributed by atoms with Crippen molar-refractivity contribution in [1.82, 2.24) is 0 Å². The summed E-state index contributed by atoms with van der Waals surface area (Å²) in [6.07, 6.45) is 0. The van der Waals surface area contributed by atoms with Gasteiger partial charge >= 0.3 is 10.3 Å². The molecule has 0 aromatic carbocycles. The Morgan fingerprint density at radius 3 is 2.50 bits per heavy atom. The lowest BCUT2D eigenvalue weighted by Gasteiger charge is -1.90. The van der Waals surface area contributed by atoms with Crippen molar-refractivity contribution in [3.8, 4) is 11.8 Å². The lowest BCUT2D eigenvalue weighted by molar-refractivity contribution is 0.364. The van der Waals surface area contributed by atoms with Crippen molar-refractivity contribution in [2.75, 3.05) is 12.5 Å². The molecule has 0 saturated heterocycles. The summed E-state index contributed by atoms with van der Waals surface area (Å²) < 4.78 is 24.1. The highest BCUT2D eigenvalue weighted by atomic mass is 35.5. The van der Waals surface area contributed by atoms with Crippen LogP contribution in [0.4, 0.5) is 0 Å². The number of rotatable bonds is 2. The minimum absolute atomic E-state index is 0.147. The summed E-state index contributed by atoms with van der Waals surface area (Å²) in [6.45, 7) is -0.244. The van der Waals surface area contributed by atoms with Gasteiger partial charge in [-0.25, -0.2) is 9.32 Å². The van der Waals surface area contributed by atoms with Gasteiger partial charge in [0.1, 0.15) is 6.61 Å². The van der Waals surface area contributed by atoms with Crippen LogP contribution in [-0.4, -0.2) is 20.9 Å². The highest BCUT2D eigenvalue weighted by Gasteiger charge is 1.97. The van der Waals surface area contributed by atoms with Gasteiger partial charge in [-0.1, -0.05) is 11.8 Å². The molecule has 0 radical (unpaired) electrons. The second kappa shape index (κ2) is 4.52. The zero-order valence-electron chi connectivity index (χ0n) is 5.00. The van der Waals surface area contributed by atoms with Gasteiger partial charge in [0.25, 0.3) is 0 Å². The van der Waals surface area contributed by atoms with Crippen molar-refractivity contribution >= 4 is 21.9 Å². The largest absolute Gasteiger partial charge is 0.334 e. The summed E-state index contributed by atoms with van der Waals surface area (Å²) in [6, 6.07) is 0. The van der Waals surface area contributed by atoms with Crippen molar-refractivity contribution in [3.63, 3.8) is 0 Å². The molecule has 58 valence electrons. The second-order valence-corrected chi connectivity index (χ2v) is 2.73. The molecule has 0 atom stereocenters. The molecular weight excluding hydrogens is 178 g/mol. The highest BCUT2D eigenvalue weighted by molar-refractivity contribution is 7.84. The number of hydrogen-bond donors (Lipinski definition) is 1. The molecule has 0 fully saturated rings. The summed E-state index contributed by atoms with van der Waals surface area (Å²) in [5.41, 5.74) is 0. The fraction of sp³-hybridized carbons (Fsp3) is 0.500. The molecule has 0 amide bonds. The highest BCUT2D eigenvalue weighted by Crippen LogP contribution is 1.78. The maximum absolute atomic E-state index is 10.0. The Morgan fingerprint density at radius 1 is 1.50 bits per heavy atom. The van der Waals surface area contributed by atoms with Gasteiger partial charge in [-0.3, -0.25) is 0 Å². The molecule has 2 N–H and O–H groups in total. The van der Waals surface area contributed by atoms with Gasteiger partial charge in [0.2, 0.25) is 0 Å². The molecule has 0 unspecified atom stereocenters. The van der Waals surface area contributed by atoms with Crippen molar-refractivity contribution in [2.24, 2.45) is 5.14 Å². The van der Waals surface area contributed by atoms with Crippen LogP contribution in [0.2, 0.25) is 0 Å². The first-order valence-electron chi connectivity index (χ1n) is 2.25. The minimum Gasteiger partial charge on any atom is -0.245 e. The van der Waals surface area contributed by atoms with Gasteiger partial charge < -0.3 is 0 Å². The minimum atomic E-state index is -3.85. The number of nitrogens with two attached hydrogens (primary N) is 1. The van der Waals surface area contributed by atoms with Gasteiger partial charge in [0.15, 0.2) is 0 Å². The van der Waals surface area contributed by atoms with Crippen LogP contribution in [0.1, 0.15) is 0 Å². The Morgan fingerprint density at radius 2 is 2.10 bits per heavy atom. The fourth-order valence-electron chi connectivity index (χ4n) is 0.210. The topological polar surface area (TPSA) is 69.4 Å². The van der Waals surface area contributed by atoms with Crippen LogP contribution in [0, 0.1) is 11.8 Å². The molecule has 0 aromatic rings. The maximum atomic E-state index is 10.0. The van der Waals surface area contributed by atoms with E-state index in [0.29, 0.717) is 0 Å². The van der Waals surface area contributed by atoms with E-state index in [1.54, 1.807) is 0 Å². The first-order valence-corrected chi connectivity index (χ1v) is 4.25. The number of alkyl halides is 1. The van der Waals surface area contributed by atoms with E-state index in [0.717, 1.165) is 0 Å². The molecule has 0 rings (SSSR count). The average molecular weight is 184 g/mol. The molecule has 4 nitrogen and oxygen atoms in total. The van der Waals surface area contributed by atoms with Gasteiger partial charge in [0.05, 0.1) is 5.88 Å². The zero-order chi connectivity index (χ0) is 8.04. The van der Waals surface area contributed by atoms with Gasteiger partial charge in [0, 0.05) is 0 Å². The Balaban J connectivity index is 3.58. The molecule has 0 aliphatic heterocycles. The predicted octanol–water partition coefficient (Wildman–Crippen LogP) is -0.551. The van der Waals surface area contributed by atoms with E-state index >= 15 is 0 Å². The molecule has 0 heterocycles. The summed E-state index contributed by atoms with van der Waals surface area (Å²) in [4.78, 5) is 0. The van der Waals surface area contributed by atoms with Crippen LogP contribution in [0.15, 0.2) is 0 Å². The summed E-state index contributed by atoms with van der Waals surface area (Å²) in [5.74, 6) is 4.87. The molecule has 10 heavy (non-hydrogen) atoms. The van der Waals surface area contributed by atoms with Crippen molar-refractivity contribution in [3.05, 3.63) is 0 Å². The first kappa shape index (κ1) is 9.72. The lowest BCUT2D eigenvalue weighted by atomic mass is 10.6. The Kier molecular flexibility index (Phi) is 4.40. The number of halogens is 1. The third kappa shape index (κ3) is 7.72. The van der Waals surface area contributed by atoms with E-state index in [9.17, 15) is 8.42 Å². The smallest absolute Gasteiger partial charge is 0.245 e. The average Bonchev–Trinajstić information content (AvgIpc) is 1.78. The molecule has 0 spiro atoms. The standard InChI is InChI=1S/C4H6ClNO3S/c5-3-1-2-4-9-10(6,7)8/h3-4H2,(H2,6,7,8). The normalized spacial score (nSPS) is 10.2. The molecule has 0 aliphatic rings. The monoisotopic (exact) mass is 183 g/mol. The van der Waals surface area contributed by atoms with Gasteiger partial charge in [-0.15, -0.1) is 11.6 Å². The Hall–Kier alpha value is -0.280. The van der Waals surface area contributed by atoms with E-state index < -0.39 is 10.3 Å². The summed E-state index contributed by atoms with van der Waals surface area (Å²) in [5, 5.41) is 4.47. The predicted molar refractivity (Wildman–Crippen MR) is 37.6 cm³/mol. The van der Waals surface area contributed by atoms with Crippen molar-refractivity contribution in [1.29, 1.82) is 0 Å². The van der Waals surface area contributed by atoms with Crippen LogP contribution in [0.5, 0.6) is 0 Å². The van der Waals surface area contributed by atoms with Gasteiger partial charge in [-0.05, 0) is 0 Å². The fourth-order valence-corrected chi connectivity index (χ4v) is 0.528. The van der Waals surface area contributed by atoms with Crippen molar-refractivity contribution in [2.45, 2.75) is 0 Å². The first-order chi connectivity index (χ1) is 4.56. The summed E-state index contributed by atoms with van der Waals surface area (Å²) in [7, 11) is -3.85. The van der Waals surface area contributed by atoms with E-state index in [1.165, 1.54) is 0 Å². The molecule has 0 saturated carbocycles. The van der Waals surface area contributed by atoms with Crippen LogP contribution >= 0.6 is 11.6 Å². The van der Waals surface area contributed by atoms with Crippen LogP contribution in [0.3, 0.4) is 0 Å². The quantitative estimate of drug-likeness (QED) is 0.461. The molecule has 0 aromatic heterocycles.